The number of benzene rings is 8. The molecule has 0 aliphatic heterocycles. The fourth-order valence-electron chi connectivity index (χ4n) is 9.33. The summed E-state index contributed by atoms with van der Waals surface area (Å²) >= 11 is 2.03. The normalized spacial score (nSPS) is 12.6. The van der Waals surface area contributed by atoms with Gasteiger partial charge in [-0.05, 0) is 130 Å². The number of carbonyl (C=O) groups is 2. The van der Waals surface area contributed by atoms with E-state index >= 15 is 0 Å². The van der Waals surface area contributed by atoms with Crippen LogP contribution in [-0.2, 0) is 36.4 Å². The summed E-state index contributed by atoms with van der Waals surface area (Å²) in [7, 11) is -0.0365. The van der Waals surface area contributed by atoms with Gasteiger partial charge in [-0.25, -0.2) is 0 Å². The van der Waals surface area contributed by atoms with Gasteiger partial charge in [0.05, 0.1) is 15.5 Å². The van der Waals surface area contributed by atoms with E-state index in [1.165, 1.54) is 105 Å². The molecule has 0 bridgehead atoms. The minimum Gasteiger partial charge on any atom is -0.481 e. The molecule has 0 amide bonds. The molecule has 11 nitrogen and oxygen atoms in total. The molecule has 0 atom stereocenters. The van der Waals surface area contributed by atoms with E-state index in [4.69, 9.17) is 19.8 Å². The summed E-state index contributed by atoms with van der Waals surface area (Å²) in [5.41, 5.74) is 10.5. The van der Waals surface area contributed by atoms with Crippen molar-refractivity contribution in [1.29, 1.82) is 0 Å². The number of anilines is 3. The zero-order valence-electron chi connectivity index (χ0n) is 44.6. The third-order valence-corrected chi connectivity index (χ3v) is 16.9. The van der Waals surface area contributed by atoms with Crippen LogP contribution in [0.4, 0.5) is 28.4 Å². The molecule has 2 fully saturated rings. The number of nitro groups is 2. The molecule has 0 aromatic heterocycles. The molecule has 2 aliphatic carbocycles. The predicted molar refractivity (Wildman–Crippen MR) is 328 cm³/mol. The van der Waals surface area contributed by atoms with E-state index in [2.05, 4.69) is 115 Å². The smallest absolute Gasteiger partial charge is 0.300 e. The Morgan fingerprint density at radius 1 is 0.494 bits per heavy atom. The van der Waals surface area contributed by atoms with Crippen LogP contribution in [0, 0.1) is 23.8 Å². The average Bonchev–Trinajstić information content (AvgIpc) is 3.47. The molecule has 2 saturated carbocycles. The first-order valence-corrected chi connectivity index (χ1v) is 28.8. The van der Waals surface area contributed by atoms with Gasteiger partial charge in [-0.3, -0.25) is 29.8 Å². The van der Waals surface area contributed by atoms with Gasteiger partial charge in [0.15, 0.2) is 0 Å². The predicted octanol–water partition coefficient (Wildman–Crippen LogP) is 17.8. The molecular formula is C65H69IN3O8PPd. The number of non-ortho nitro benzene ring substituents is 2. The van der Waals surface area contributed by atoms with Gasteiger partial charge < -0.3 is 15.1 Å². The van der Waals surface area contributed by atoms with E-state index in [0.717, 1.165) is 52.2 Å². The maximum absolute atomic E-state index is 11.0. The fraction of sp³-hybridized carbons (Fsp3) is 0.231. The number of carboxylic acids is 2. The Hall–Kier alpha value is -6.88. The molecule has 8 aromatic rings. The van der Waals surface area contributed by atoms with E-state index in [0.29, 0.717) is 0 Å². The molecule has 0 spiro atoms. The Morgan fingerprint density at radius 2 is 0.848 bits per heavy atom. The monoisotopic (exact) mass is 1280 g/mol. The fourth-order valence-corrected chi connectivity index (χ4v) is 13.8. The summed E-state index contributed by atoms with van der Waals surface area (Å²) in [5, 5.41) is 37.7. The van der Waals surface area contributed by atoms with Crippen molar-refractivity contribution < 1.29 is 50.1 Å². The van der Waals surface area contributed by atoms with Crippen molar-refractivity contribution in [1.82, 2.24) is 0 Å². The molecule has 0 radical (unpaired) electrons. The van der Waals surface area contributed by atoms with E-state index in [-0.39, 0.29) is 44.6 Å². The molecular weight excluding hydrogens is 1220 g/mol. The zero-order chi connectivity index (χ0) is 55.9. The van der Waals surface area contributed by atoms with E-state index in [1.54, 1.807) is 23.5 Å². The molecule has 2 aliphatic rings. The number of hydrogen-bond acceptors (Lipinski definition) is 7. The van der Waals surface area contributed by atoms with Crippen LogP contribution in [0.15, 0.2) is 224 Å². The average molecular weight is 1280 g/mol. The van der Waals surface area contributed by atoms with E-state index in [1.807, 2.05) is 100 Å². The quantitative estimate of drug-likeness (QED) is 0.0422. The standard InChI is InChI=1S/C24H31P.C18H14N2O2.C13H12.C6H4INO2.2C2H4O2.Pd/c1-4-12-20(13-5-1)23-18-10-11-19-24(23)25(21-14-6-2-7-15-21)22-16-8-3-9-17-22;21-20(22)18-13-7-12-17(14-18)19(15-8-3-1-4-9-15)16-10-5-2-6-11-16;1-3-7-12(8-4-1)11-13-9-5-2-6-10-13;7-5-2-1-3-6(4-5)8(9)10;2*1-2(3)4;/h1,4-5,10-13,18-19,21-22H,2-3,6-9,14-17H2;1-14H;1-10H,11H2;1-4H;2*1H3,(H,3,4);. The Bertz CT molecular complexity index is 2910. The molecule has 8 aromatic carbocycles. The van der Waals surface area contributed by atoms with Crippen molar-refractivity contribution in [3.05, 3.63) is 259 Å². The Balaban J connectivity index is 0.000000226. The number of carboxylic acid groups (broad SMARTS) is 2. The van der Waals surface area contributed by atoms with Crippen molar-refractivity contribution in [3.63, 3.8) is 0 Å². The second-order valence-corrected chi connectivity index (χ2v) is 22.6. The van der Waals surface area contributed by atoms with Gasteiger partial charge in [0, 0.05) is 73.5 Å². The first-order chi connectivity index (χ1) is 37.8. The van der Waals surface area contributed by atoms with Gasteiger partial charge in [-0.2, -0.15) is 0 Å². The summed E-state index contributed by atoms with van der Waals surface area (Å²) in [6, 6.07) is 74.3. The minimum atomic E-state index is -0.833. The van der Waals surface area contributed by atoms with Crippen LogP contribution < -0.4 is 10.2 Å². The second kappa shape index (κ2) is 36.3. The third kappa shape index (κ3) is 23.6. The first kappa shape index (κ1) is 64.6. The van der Waals surface area contributed by atoms with E-state index in [9.17, 15) is 20.2 Å². The number of para-hydroxylation sites is 2. The van der Waals surface area contributed by atoms with Crippen molar-refractivity contribution in [2.45, 2.75) is 95.8 Å². The molecule has 79 heavy (non-hydrogen) atoms. The molecule has 0 saturated heterocycles. The molecule has 414 valence electrons. The largest absolute Gasteiger partial charge is 0.481 e. The van der Waals surface area contributed by atoms with Crippen LogP contribution in [0.5, 0.6) is 0 Å². The number of nitrogens with zero attached hydrogens (tertiary/aromatic N) is 3. The van der Waals surface area contributed by atoms with Gasteiger partial charge in [0.2, 0.25) is 0 Å². The summed E-state index contributed by atoms with van der Waals surface area (Å²) < 4.78 is 0.881. The molecule has 10 rings (SSSR count). The second-order valence-electron chi connectivity index (χ2n) is 18.6. The summed E-state index contributed by atoms with van der Waals surface area (Å²) in [5.74, 6) is -1.67. The number of rotatable bonds is 11. The molecule has 0 heterocycles. The van der Waals surface area contributed by atoms with Crippen LogP contribution in [0.3, 0.4) is 0 Å². The van der Waals surface area contributed by atoms with Crippen molar-refractivity contribution in [3.8, 4) is 11.1 Å². The molecule has 14 heteroatoms. The zero-order valence-corrected chi connectivity index (χ0v) is 49.2. The number of halogens is 1. The van der Waals surface area contributed by atoms with Crippen molar-refractivity contribution in [2.75, 3.05) is 4.90 Å². The molecule has 2 N–H and O–H groups in total. The van der Waals surface area contributed by atoms with Crippen LogP contribution in [0.25, 0.3) is 11.1 Å². The third-order valence-electron chi connectivity index (χ3n) is 12.6. The summed E-state index contributed by atoms with van der Waals surface area (Å²) in [6.07, 6.45) is 15.7. The van der Waals surface area contributed by atoms with Crippen LogP contribution in [0.2, 0.25) is 0 Å². The number of nitro benzene ring substituents is 2. The van der Waals surface area contributed by atoms with Crippen LogP contribution in [0.1, 0.15) is 89.2 Å². The Labute approximate surface area is 494 Å². The minimum absolute atomic E-state index is 0. The maximum Gasteiger partial charge on any atom is 0.300 e. The SMILES string of the molecule is CC(=O)O.CC(=O)O.O=[N+]([O-])c1cccc(I)c1.O=[N+]([O-])c1cccc(N(c2ccccc2)c2ccccc2)c1.[Pd].c1ccc(-c2ccccc2P(C2CCCCC2)C2CCCCC2)cc1.c1ccc(Cc2ccccc2)cc1. The maximum atomic E-state index is 11.0. The summed E-state index contributed by atoms with van der Waals surface area (Å²) in [6.45, 7) is 2.17. The van der Waals surface area contributed by atoms with Gasteiger partial charge in [0.25, 0.3) is 23.3 Å². The van der Waals surface area contributed by atoms with Crippen molar-refractivity contribution in [2.24, 2.45) is 0 Å². The van der Waals surface area contributed by atoms with Gasteiger partial charge in [0.1, 0.15) is 0 Å². The summed E-state index contributed by atoms with van der Waals surface area (Å²) in [4.78, 5) is 40.4. The number of hydrogen-bond donors (Lipinski definition) is 2. The van der Waals surface area contributed by atoms with E-state index < -0.39 is 16.9 Å². The number of aliphatic carboxylic acids is 2. The topological polar surface area (TPSA) is 164 Å². The van der Waals surface area contributed by atoms with Crippen LogP contribution >= 0.6 is 30.5 Å². The Kier molecular flexibility index (Phi) is 29.7. The Morgan fingerprint density at radius 3 is 1.25 bits per heavy atom. The van der Waals surface area contributed by atoms with Crippen molar-refractivity contribution >= 4 is 76.2 Å². The van der Waals surface area contributed by atoms with Gasteiger partial charge in [-0.1, -0.05) is 210 Å². The molecule has 0 unspecified atom stereocenters. The van der Waals surface area contributed by atoms with Gasteiger partial charge >= 0.3 is 0 Å². The van der Waals surface area contributed by atoms with Gasteiger partial charge in [-0.15, -0.1) is 0 Å². The van der Waals surface area contributed by atoms with Crippen LogP contribution in [-0.4, -0.2) is 43.3 Å². The first-order valence-electron chi connectivity index (χ1n) is 26.2.